The van der Waals surface area contributed by atoms with E-state index in [1.807, 2.05) is 12.1 Å². The summed E-state index contributed by atoms with van der Waals surface area (Å²) >= 11 is 0. The van der Waals surface area contributed by atoms with Gasteiger partial charge in [0.1, 0.15) is 11.3 Å². The van der Waals surface area contributed by atoms with Crippen LogP contribution in [0, 0.1) is 0 Å². The van der Waals surface area contributed by atoms with E-state index in [0.29, 0.717) is 0 Å². The summed E-state index contributed by atoms with van der Waals surface area (Å²) < 4.78 is 8.85. The molecule has 2 aliphatic rings. The van der Waals surface area contributed by atoms with Crippen LogP contribution in [0.2, 0.25) is 0 Å². The molecule has 0 radical (unpaired) electrons. The molecule has 6 aromatic carbocycles. The van der Waals surface area contributed by atoms with Gasteiger partial charge in [0.2, 0.25) is 0 Å². The quantitative estimate of drug-likeness (QED) is 0.217. The lowest BCUT2D eigenvalue weighted by Gasteiger charge is -2.34. The fourth-order valence-corrected chi connectivity index (χ4v) is 7.50. The van der Waals surface area contributed by atoms with Gasteiger partial charge in [-0.2, -0.15) is 0 Å². The van der Waals surface area contributed by atoms with Gasteiger partial charge in [-0.25, -0.2) is 4.98 Å². The number of ether oxygens (including phenoxy) is 1. The third-order valence-corrected chi connectivity index (χ3v) is 9.24. The van der Waals surface area contributed by atoms with Crippen molar-refractivity contribution in [2.75, 3.05) is 0 Å². The number of fused-ring (bicyclic) bond motifs is 5. The molecule has 7 aromatic rings. The first-order chi connectivity index (χ1) is 21.3. The van der Waals surface area contributed by atoms with Crippen LogP contribution in [0.5, 0.6) is 11.5 Å². The van der Waals surface area contributed by atoms with Crippen molar-refractivity contribution in [3.8, 4) is 39.4 Å². The van der Waals surface area contributed by atoms with Gasteiger partial charge in [-0.1, -0.05) is 122 Å². The molecule has 0 saturated carbocycles. The van der Waals surface area contributed by atoms with Gasteiger partial charge in [0, 0.05) is 12.0 Å². The highest BCUT2D eigenvalue weighted by Gasteiger charge is 2.46. The Morgan fingerprint density at radius 3 is 2.02 bits per heavy atom. The number of aryl methyl sites for hydroxylation is 1. The van der Waals surface area contributed by atoms with Gasteiger partial charge in [0.05, 0.1) is 16.6 Å². The molecule has 0 N–H and O–H groups in total. The van der Waals surface area contributed by atoms with Crippen LogP contribution in [-0.2, 0) is 11.8 Å². The number of benzene rings is 6. The van der Waals surface area contributed by atoms with E-state index in [0.717, 1.165) is 51.6 Å². The van der Waals surface area contributed by atoms with Crippen molar-refractivity contribution >= 4 is 11.0 Å². The van der Waals surface area contributed by atoms with E-state index in [9.17, 15) is 0 Å². The number of rotatable bonds is 4. The molecule has 0 saturated heterocycles. The summed E-state index contributed by atoms with van der Waals surface area (Å²) in [6.45, 7) is 2.17. The van der Waals surface area contributed by atoms with Crippen LogP contribution in [0.4, 0.5) is 0 Å². The fourth-order valence-electron chi connectivity index (χ4n) is 7.50. The van der Waals surface area contributed by atoms with Crippen LogP contribution < -0.4 is 4.74 Å². The monoisotopic (exact) mass is 552 g/mol. The molecule has 9 rings (SSSR count). The number of hydrogen-bond acceptors (Lipinski definition) is 2. The second-order valence-corrected chi connectivity index (χ2v) is 11.4. The molecule has 3 heteroatoms. The Hall–Kier alpha value is -5.41. The zero-order valence-electron chi connectivity index (χ0n) is 23.8. The lowest BCUT2D eigenvalue weighted by atomic mass is 9.67. The molecule has 0 bridgehead atoms. The molecule has 3 nitrogen and oxygen atoms in total. The predicted molar refractivity (Wildman–Crippen MR) is 173 cm³/mol. The third kappa shape index (κ3) is 3.22. The number of aromatic nitrogens is 2. The normalized spacial score (nSPS) is 13.7. The van der Waals surface area contributed by atoms with Crippen LogP contribution in [0.15, 0.2) is 140 Å². The van der Waals surface area contributed by atoms with Crippen molar-refractivity contribution in [2.24, 2.45) is 0 Å². The van der Waals surface area contributed by atoms with Gasteiger partial charge in [-0.3, -0.25) is 4.57 Å². The average molecular weight is 553 g/mol. The topological polar surface area (TPSA) is 27.1 Å². The van der Waals surface area contributed by atoms with Gasteiger partial charge in [-0.15, -0.1) is 0 Å². The molecule has 1 aliphatic heterocycles. The first kappa shape index (κ1) is 24.2. The summed E-state index contributed by atoms with van der Waals surface area (Å²) in [5, 5.41) is 0. The van der Waals surface area contributed by atoms with Crippen molar-refractivity contribution in [1.29, 1.82) is 0 Å². The molecular weight excluding hydrogens is 524 g/mol. The molecule has 1 aromatic heterocycles. The van der Waals surface area contributed by atoms with Crippen LogP contribution in [-0.4, -0.2) is 9.55 Å². The van der Waals surface area contributed by atoms with E-state index in [-0.39, 0.29) is 0 Å². The van der Waals surface area contributed by atoms with Crippen LogP contribution in [0.3, 0.4) is 0 Å². The second kappa shape index (κ2) is 9.04. The Labute approximate surface area is 250 Å². The van der Waals surface area contributed by atoms with Crippen molar-refractivity contribution in [1.82, 2.24) is 9.55 Å². The summed E-state index contributed by atoms with van der Waals surface area (Å²) in [6, 6.07) is 50.4. The van der Waals surface area contributed by atoms with Crippen molar-refractivity contribution in [3.05, 3.63) is 168 Å². The molecule has 0 unspecified atom stereocenters. The Morgan fingerprint density at radius 1 is 0.605 bits per heavy atom. The minimum absolute atomic E-state index is 0.445. The Bertz CT molecular complexity index is 2150. The molecule has 2 heterocycles. The zero-order valence-corrected chi connectivity index (χ0v) is 23.8. The summed E-state index contributed by atoms with van der Waals surface area (Å²) in [5.74, 6) is 2.74. The van der Waals surface area contributed by atoms with E-state index < -0.39 is 5.41 Å². The lowest BCUT2D eigenvalue weighted by Crippen LogP contribution is -2.28. The van der Waals surface area contributed by atoms with Gasteiger partial charge < -0.3 is 4.74 Å². The maximum Gasteiger partial charge on any atom is 0.153 e. The standard InChI is InChI=1S/C40H28N2O/c1-2-37-41-34-20-12-22-36-39(34)42(37)38-29(18-11-21-35(38)43-36)26-23-24-31-30-17-9-10-19-32(30)40(33(31)25-26,27-13-5-3-6-14-27)28-15-7-4-8-16-28/h3-25H,2H2,1H3. The number of para-hydroxylation sites is 2. The molecule has 204 valence electrons. The summed E-state index contributed by atoms with van der Waals surface area (Å²) in [6.07, 6.45) is 0.826. The average Bonchev–Trinajstić information content (AvgIpc) is 3.60. The van der Waals surface area contributed by atoms with Gasteiger partial charge in [0.15, 0.2) is 11.5 Å². The van der Waals surface area contributed by atoms with E-state index in [2.05, 4.69) is 139 Å². The molecule has 0 spiro atoms. The van der Waals surface area contributed by atoms with Crippen LogP contribution in [0.1, 0.15) is 35.0 Å². The number of imidazole rings is 1. The molecule has 0 fully saturated rings. The second-order valence-electron chi connectivity index (χ2n) is 11.4. The largest absolute Gasteiger partial charge is 0.453 e. The van der Waals surface area contributed by atoms with E-state index in [1.165, 1.54) is 33.4 Å². The SMILES string of the molecule is CCc1nc2cccc3c2n1-c1c(cccc1-c1ccc2c(c1)C(c1ccccc1)(c1ccccc1)c1ccccc1-2)O3. The summed E-state index contributed by atoms with van der Waals surface area (Å²) in [7, 11) is 0. The summed E-state index contributed by atoms with van der Waals surface area (Å²) in [4.78, 5) is 5.01. The molecule has 1 aliphatic carbocycles. The molecule has 43 heavy (non-hydrogen) atoms. The van der Waals surface area contributed by atoms with Gasteiger partial charge in [-0.05, 0) is 63.2 Å². The molecular formula is C40H28N2O. The number of hydrogen-bond donors (Lipinski definition) is 0. The van der Waals surface area contributed by atoms with Crippen molar-refractivity contribution < 1.29 is 4.74 Å². The lowest BCUT2D eigenvalue weighted by molar-refractivity contribution is 0.474. The van der Waals surface area contributed by atoms with Crippen molar-refractivity contribution in [3.63, 3.8) is 0 Å². The smallest absolute Gasteiger partial charge is 0.153 e. The maximum absolute atomic E-state index is 6.53. The van der Waals surface area contributed by atoms with Crippen LogP contribution >= 0.6 is 0 Å². The highest BCUT2D eigenvalue weighted by atomic mass is 16.5. The first-order valence-corrected chi connectivity index (χ1v) is 15.0. The third-order valence-electron chi connectivity index (χ3n) is 9.24. The highest BCUT2D eigenvalue weighted by molar-refractivity contribution is 5.93. The zero-order chi connectivity index (χ0) is 28.5. The minimum Gasteiger partial charge on any atom is -0.453 e. The van der Waals surface area contributed by atoms with E-state index in [1.54, 1.807) is 0 Å². The van der Waals surface area contributed by atoms with Crippen molar-refractivity contribution in [2.45, 2.75) is 18.8 Å². The Balaban J connectivity index is 1.36. The van der Waals surface area contributed by atoms with Gasteiger partial charge in [0.25, 0.3) is 0 Å². The Morgan fingerprint density at radius 2 is 1.26 bits per heavy atom. The molecule has 0 atom stereocenters. The fraction of sp³-hybridized carbons (Fsp3) is 0.0750. The minimum atomic E-state index is -0.445. The maximum atomic E-state index is 6.53. The molecule has 0 amide bonds. The van der Waals surface area contributed by atoms with E-state index in [4.69, 9.17) is 9.72 Å². The predicted octanol–water partition coefficient (Wildman–Crippen LogP) is 9.72. The highest BCUT2D eigenvalue weighted by Crippen LogP contribution is 2.57. The van der Waals surface area contributed by atoms with E-state index >= 15 is 0 Å². The summed E-state index contributed by atoms with van der Waals surface area (Å²) in [5.41, 5.74) is 12.6. The Kier molecular flexibility index (Phi) is 5.09. The number of nitrogens with zero attached hydrogens (tertiary/aromatic N) is 2. The first-order valence-electron chi connectivity index (χ1n) is 15.0. The van der Waals surface area contributed by atoms with Gasteiger partial charge >= 0.3 is 0 Å². The van der Waals surface area contributed by atoms with Crippen LogP contribution in [0.25, 0.3) is 39.0 Å².